The Balaban J connectivity index is 2.57. The van der Waals surface area contributed by atoms with Gasteiger partial charge < -0.3 is 5.32 Å². The second-order valence-corrected chi connectivity index (χ2v) is 5.74. The van der Waals surface area contributed by atoms with Crippen molar-refractivity contribution in [1.82, 2.24) is 10.0 Å². The smallest absolute Gasteiger partial charge is 0.240 e. The standard InChI is InChI=1S/C12H20N2O2S/c1-3-9-14-10-8-11-4-6-12(7-5-11)17(15,16)13-2/h4-7,13-14H,3,8-10H2,1-2H3. The fourth-order valence-corrected chi connectivity index (χ4v) is 2.22. The molecule has 1 rings (SSSR count). The van der Waals surface area contributed by atoms with E-state index < -0.39 is 10.0 Å². The molecule has 2 N–H and O–H groups in total. The number of sulfonamides is 1. The molecular weight excluding hydrogens is 236 g/mol. The van der Waals surface area contributed by atoms with Crippen LogP contribution in [0.5, 0.6) is 0 Å². The van der Waals surface area contributed by atoms with Crippen molar-refractivity contribution in [3.05, 3.63) is 29.8 Å². The minimum atomic E-state index is -3.31. The molecule has 0 spiro atoms. The van der Waals surface area contributed by atoms with Crippen molar-refractivity contribution in [2.24, 2.45) is 0 Å². The summed E-state index contributed by atoms with van der Waals surface area (Å²) in [5, 5.41) is 3.31. The molecular formula is C12H20N2O2S. The van der Waals surface area contributed by atoms with Gasteiger partial charge in [0.2, 0.25) is 10.0 Å². The molecule has 0 atom stereocenters. The number of hydrogen-bond acceptors (Lipinski definition) is 3. The van der Waals surface area contributed by atoms with Gasteiger partial charge in [0.1, 0.15) is 0 Å². The minimum Gasteiger partial charge on any atom is -0.316 e. The number of hydrogen-bond donors (Lipinski definition) is 2. The topological polar surface area (TPSA) is 58.2 Å². The third kappa shape index (κ3) is 4.46. The Morgan fingerprint density at radius 1 is 1.12 bits per heavy atom. The van der Waals surface area contributed by atoms with Crippen LogP contribution in [-0.2, 0) is 16.4 Å². The van der Waals surface area contributed by atoms with Crippen LogP contribution in [-0.4, -0.2) is 28.6 Å². The molecule has 0 aromatic heterocycles. The van der Waals surface area contributed by atoms with Crippen LogP contribution in [0.4, 0.5) is 0 Å². The lowest BCUT2D eigenvalue weighted by atomic mass is 10.1. The van der Waals surface area contributed by atoms with E-state index in [9.17, 15) is 8.42 Å². The summed E-state index contributed by atoms with van der Waals surface area (Å²) in [7, 11) is -1.90. The lowest BCUT2D eigenvalue weighted by Crippen LogP contribution is -2.19. The van der Waals surface area contributed by atoms with E-state index in [1.54, 1.807) is 12.1 Å². The predicted molar refractivity (Wildman–Crippen MR) is 69.6 cm³/mol. The zero-order chi connectivity index (χ0) is 12.7. The van der Waals surface area contributed by atoms with Crippen LogP contribution in [0.1, 0.15) is 18.9 Å². The first-order valence-electron chi connectivity index (χ1n) is 5.83. The predicted octanol–water partition coefficient (Wildman–Crippen LogP) is 1.14. The molecule has 0 radical (unpaired) electrons. The molecule has 5 heteroatoms. The molecule has 0 heterocycles. The van der Waals surface area contributed by atoms with Crippen LogP contribution in [0.15, 0.2) is 29.2 Å². The lowest BCUT2D eigenvalue weighted by molar-refractivity contribution is 0.588. The molecule has 0 aliphatic heterocycles. The van der Waals surface area contributed by atoms with E-state index in [2.05, 4.69) is 17.0 Å². The molecule has 0 amide bonds. The van der Waals surface area contributed by atoms with Gasteiger partial charge >= 0.3 is 0 Å². The minimum absolute atomic E-state index is 0.310. The Morgan fingerprint density at radius 3 is 2.29 bits per heavy atom. The van der Waals surface area contributed by atoms with Crippen molar-refractivity contribution in [3.63, 3.8) is 0 Å². The number of nitrogens with one attached hydrogen (secondary N) is 2. The summed E-state index contributed by atoms with van der Waals surface area (Å²) in [4.78, 5) is 0.310. The zero-order valence-electron chi connectivity index (χ0n) is 10.4. The molecule has 0 bridgehead atoms. The van der Waals surface area contributed by atoms with Crippen molar-refractivity contribution >= 4 is 10.0 Å². The van der Waals surface area contributed by atoms with E-state index in [0.29, 0.717) is 4.90 Å². The third-order valence-electron chi connectivity index (χ3n) is 2.52. The lowest BCUT2D eigenvalue weighted by Gasteiger charge is -2.05. The van der Waals surface area contributed by atoms with E-state index in [1.807, 2.05) is 12.1 Å². The normalized spacial score (nSPS) is 11.6. The largest absolute Gasteiger partial charge is 0.316 e. The van der Waals surface area contributed by atoms with Crippen LogP contribution in [0.2, 0.25) is 0 Å². The van der Waals surface area contributed by atoms with Crippen molar-refractivity contribution in [2.45, 2.75) is 24.7 Å². The van der Waals surface area contributed by atoms with E-state index in [1.165, 1.54) is 7.05 Å². The van der Waals surface area contributed by atoms with Crippen LogP contribution in [0.3, 0.4) is 0 Å². The molecule has 96 valence electrons. The second kappa shape index (κ2) is 6.74. The molecule has 4 nitrogen and oxygen atoms in total. The Hall–Kier alpha value is -0.910. The van der Waals surface area contributed by atoms with Crippen LogP contribution < -0.4 is 10.0 Å². The molecule has 1 aromatic carbocycles. The first kappa shape index (κ1) is 14.2. The summed E-state index contributed by atoms with van der Waals surface area (Å²) in [6, 6.07) is 7.00. The van der Waals surface area contributed by atoms with Gasteiger partial charge in [-0.25, -0.2) is 13.1 Å². The average Bonchev–Trinajstić information content (AvgIpc) is 2.35. The maximum Gasteiger partial charge on any atom is 0.240 e. The van der Waals surface area contributed by atoms with E-state index >= 15 is 0 Å². The summed E-state index contributed by atoms with van der Waals surface area (Å²) >= 11 is 0. The Kier molecular flexibility index (Phi) is 5.61. The molecule has 0 aliphatic carbocycles. The van der Waals surface area contributed by atoms with Crippen molar-refractivity contribution in [2.75, 3.05) is 20.1 Å². The highest BCUT2D eigenvalue weighted by molar-refractivity contribution is 7.89. The molecule has 0 unspecified atom stereocenters. The maximum atomic E-state index is 11.5. The fourth-order valence-electron chi connectivity index (χ4n) is 1.49. The zero-order valence-corrected chi connectivity index (χ0v) is 11.2. The van der Waals surface area contributed by atoms with Crippen molar-refractivity contribution < 1.29 is 8.42 Å². The summed E-state index contributed by atoms with van der Waals surface area (Å²) < 4.78 is 25.3. The van der Waals surface area contributed by atoms with Gasteiger partial charge in [-0.2, -0.15) is 0 Å². The van der Waals surface area contributed by atoms with Gasteiger partial charge in [-0.15, -0.1) is 0 Å². The summed E-state index contributed by atoms with van der Waals surface area (Å²) in [6.45, 7) is 4.07. The van der Waals surface area contributed by atoms with E-state index in [0.717, 1.165) is 31.5 Å². The highest BCUT2D eigenvalue weighted by atomic mass is 32.2. The van der Waals surface area contributed by atoms with Gasteiger partial charge in [0.25, 0.3) is 0 Å². The van der Waals surface area contributed by atoms with E-state index in [4.69, 9.17) is 0 Å². The van der Waals surface area contributed by atoms with Crippen LogP contribution in [0, 0.1) is 0 Å². The van der Waals surface area contributed by atoms with Gasteiger partial charge in [0, 0.05) is 0 Å². The van der Waals surface area contributed by atoms with Crippen molar-refractivity contribution in [3.8, 4) is 0 Å². The van der Waals surface area contributed by atoms with E-state index in [-0.39, 0.29) is 0 Å². The fraction of sp³-hybridized carbons (Fsp3) is 0.500. The number of rotatable bonds is 7. The Labute approximate surface area is 103 Å². The summed E-state index contributed by atoms with van der Waals surface area (Å²) in [5.41, 5.74) is 1.14. The first-order chi connectivity index (χ1) is 8.10. The van der Waals surface area contributed by atoms with Gasteiger partial charge in [0.15, 0.2) is 0 Å². The van der Waals surface area contributed by atoms with Gasteiger partial charge in [-0.3, -0.25) is 0 Å². The van der Waals surface area contributed by atoms with Crippen LogP contribution >= 0.6 is 0 Å². The van der Waals surface area contributed by atoms with Crippen LogP contribution in [0.25, 0.3) is 0 Å². The second-order valence-electron chi connectivity index (χ2n) is 3.85. The van der Waals surface area contributed by atoms with Gasteiger partial charge in [0.05, 0.1) is 4.90 Å². The Morgan fingerprint density at radius 2 is 1.76 bits per heavy atom. The summed E-state index contributed by atoms with van der Waals surface area (Å²) in [5.74, 6) is 0. The molecule has 0 saturated carbocycles. The van der Waals surface area contributed by atoms with Gasteiger partial charge in [-0.05, 0) is 50.7 Å². The SMILES string of the molecule is CCCNCCc1ccc(S(=O)(=O)NC)cc1. The summed E-state index contributed by atoms with van der Waals surface area (Å²) in [6.07, 6.45) is 2.04. The molecule has 1 aromatic rings. The first-order valence-corrected chi connectivity index (χ1v) is 7.31. The monoisotopic (exact) mass is 256 g/mol. The number of benzene rings is 1. The molecule has 0 aliphatic rings. The molecule has 0 fully saturated rings. The van der Waals surface area contributed by atoms with Crippen molar-refractivity contribution in [1.29, 1.82) is 0 Å². The highest BCUT2D eigenvalue weighted by Gasteiger charge is 2.09. The Bertz CT molecular complexity index is 426. The molecule has 17 heavy (non-hydrogen) atoms. The maximum absolute atomic E-state index is 11.5. The highest BCUT2D eigenvalue weighted by Crippen LogP contribution is 2.10. The van der Waals surface area contributed by atoms with Gasteiger partial charge in [-0.1, -0.05) is 19.1 Å². The average molecular weight is 256 g/mol. The molecule has 0 saturated heterocycles. The quantitative estimate of drug-likeness (QED) is 0.719. The third-order valence-corrected chi connectivity index (χ3v) is 3.95.